The van der Waals surface area contributed by atoms with Crippen LogP contribution in [0.2, 0.25) is 10.0 Å². The summed E-state index contributed by atoms with van der Waals surface area (Å²) in [5, 5.41) is 0.727. The predicted octanol–water partition coefficient (Wildman–Crippen LogP) is 3.34. The summed E-state index contributed by atoms with van der Waals surface area (Å²) in [6, 6.07) is 5.17. The fourth-order valence-corrected chi connectivity index (χ4v) is 2.96. The van der Waals surface area contributed by atoms with Gasteiger partial charge in [-0.25, -0.2) is 0 Å². The van der Waals surface area contributed by atoms with E-state index in [4.69, 9.17) is 28.9 Å². The molecule has 2 atom stereocenters. The van der Waals surface area contributed by atoms with Gasteiger partial charge in [-0.2, -0.15) is 0 Å². The molecule has 2 N–H and O–H groups in total. The molecule has 5 heteroatoms. The van der Waals surface area contributed by atoms with Crippen molar-refractivity contribution in [3.8, 4) is 0 Å². The maximum Gasteiger partial charge on any atom is 0.255 e. The number of nitrogens with zero attached hydrogens (tertiary/aromatic N) is 1. The molecule has 0 aliphatic carbocycles. The van der Waals surface area contributed by atoms with Crippen molar-refractivity contribution in [1.82, 2.24) is 4.90 Å². The van der Waals surface area contributed by atoms with Gasteiger partial charge in [-0.15, -0.1) is 0 Å². The minimum Gasteiger partial charge on any atom is -0.334 e. The van der Waals surface area contributed by atoms with Crippen LogP contribution < -0.4 is 5.73 Å². The molecule has 1 aromatic rings. The Bertz CT molecular complexity index is 477. The van der Waals surface area contributed by atoms with Crippen molar-refractivity contribution in [2.24, 2.45) is 5.73 Å². The normalized spacial score (nSPS) is 21.3. The van der Waals surface area contributed by atoms with E-state index in [2.05, 4.69) is 0 Å². The minimum atomic E-state index is -0.0745. The number of amides is 1. The van der Waals surface area contributed by atoms with E-state index < -0.39 is 0 Å². The van der Waals surface area contributed by atoms with Crippen molar-refractivity contribution in [1.29, 1.82) is 0 Å². The lowest BCUT2D eigenvalue weighted by Crippen LogP contribution is -2.51. The highest BCUT2D eigenvalue weighted by Gasteiger charge is 2.30. The maximum atomic E-state index is 12.6. The van der Waals surface area contributed by atoms with Gasteiger partial charge < -0.3 is 10.6 Å². The highest BCUT2D eigenvalue weighted by atomic mass is 35.5. The number of halogens is 2. The van der Waals surface area contributed by atoms with Crippen LogP contribution in [-0.4, -0.2) is 29.4 Å². The molecule has 0 aromatic heterocycles. The van der Waals surface area contributed by atoms with Crippen LogP contribution in [0.25, 0.3) is 0 Å². The summed E-state index contributed by atoms with van der Waals surface area (Å²) in [6.07, 6.45) is 3.06. The lowest BCUT2D eigenvalue weighted by Gasteiger charge is -2.38. The highest BCUT2D eigenvalue weighted by molar-refractivity contribution is 6.43. The average Bonchev–Trinajstić information content (AvgIpc) is 2.41. The van der Waals surface area contributed by atoms with Gasteiger partial charge in [-0.05, 0) is 38.3 Å². The third-order valence-electron chi connectivity index (χ3n) is 3.60. The van der Waals surface area contributed by atoms with Gasteiger partial charge in [-0.3, -0.25) is 4.79 Å². The van der Waals surface area contributed by atoms with E-state index >= 15 is 0 Å². The summed E-state index contributed by atoms with van der Waals surface area (Å²) in [7, 11) is 0. The zero-order valence-electron chi connectivity index (χ0n) is 10.9. The third kappa shape index (κ3) is 3.04. The molecule has 19 heavy (non-hydrogen) atoms. The largest absolute Gasteiger partial charge is 0.334 e. The van der Waals surface area contributed by atoms with Crippen LogP contribution in [0.15, 0.2) is 18.2 Å². The van der Waals surface area contributed by atoms with E-state index in [9.17, 15) is 4.79 Å². The van der Waals surface area contributed by atoms with Gasteiger partial charge in [0.1, 0.15) is 0 Å². The fraction of sp³-hybridized carbons (Fsp3) is 0.500. The summed E-state index contributed by atoms with van der Waals surface area (Å²) < 4.78 is 0. The third-order valence-corrected chi connectivity index (χ3v) is 4.42. The molecule has 2 unspecified atom stereocenters. The average molecular weight is 301 g/mol. The first kappa shape index (κ1) is 14.6. The Morgan fingerprint density at radius 2 is 2.16 bits per heavy atom. The Hall–Kier alpha value is -0.770. The number of likely N-dealkylation sites (tertiary alicyclic amines) is 1. The van der Waals surface area contributed by atoms with Crippen LogP contribution in [0, 0.1) is 0 Å². The Labute approximate surface area is 123 Å². The summed E-state index contributed by atoms with van der Waals surface area (Å²) in [5.41, 5.74) is 6.45. The zero-order chi connectivity index (χ0) is 14.0. The number of carbonyl (C=O) groups is 1. The van der Waals surface area contributed by atoms with Crippen LogP contribution >= 0.6 is 23.2 Å². The lowest BCUT2D eigenvalue weighted by molar-refractivity contribution is 0.0584. The smallest absolute Gasteiger partial charge is 0.255 e. The number of nitrogens with two attached hydrogens (primary N) is 1. The Morgan fingerprint density at radius 3 is 2.84 bits per heavy atom. The number of carbonyl (C=O) groups excluding carboxylic acids is 1. The van der Waals surface area contributed by atoms with Gasteiger partial charge in [0.15, 0.2) is 0 Å². The molecule has 3 nitrogen and oxygen atoms in total. The van der Waals surface area contributed by atoms with Crippen molar-refractivity contribution in [3.05, 3.63) is 33.8 Å². The summed E-state index contributed by atoms with van der Waals surface area (Å²) >= 11 is 12.1. The zero-order valence-corrected chi connectivity index (χ0v) is 12.4. The molecule has 1 fully saturated rings. The second-order valence-corrected chi connectivity index (χ2v) is 5.81. The number of benzene rings is 1. The molecule has 0 saturated carbocycles. The fourth-order valence-electron chi connectivity index (χ4n) is 2.58. The first-order valence-electron chi connectivity index (χ1n) is 6.53. The number of hydrogen-bond acceptors (Lipinski definition) is 2. The van der Waals surface area contributed by atoms with E-state index in [1.54, 1.807) is 18.2 Å². The molecule has 1 heterocycles. The molecular formula is C14H18Cl2N2O. The van der Waals surface area contributed by atoms with E-state index in [1.165, 1.54) is 0 Å². The number of hydrogen-bond donors (Lipinski definition) is 1. The van der Waals surface area contributed by atoms with E-state index in [0.717, 1.165) is 25.8 Å². The molecule has 0 bridgehead atoms. The Kier molecular flexibility index (Phi) is 4.71. The first-order valence-corrected chi connectivity index (χ1v) is 7.28. The van der Waals surface area contributed by atoms with Crippen LogP contribution in [0.3, 0.4) is 0 Å². The summed E-state index contributed by atoms with van der Waals surface area (Å²) in [5.74, 6) is -0.0745. The van der Waals surface area contributed by atoms with Crippen LogP contribution in [0.1, 0.15) is 36.5 Å². The molecule has 104 valence electrons. The monoisotopic (exact) mass is 300 g/mol. The van der Waals surface area contributed by atoms with Gasteiger partial charge in [0.25, 0.3) is 5.91 Å². The van der Waals surface area contributed by atoms with Crippen LogP contribution in [-0.2, 0) is 0 Å². The standard InChI is InChI=1S/C14H18Cl2N2O/c1-9(17)12-7-2-3-8-18(12)14(19)10-5-4-6-11(15)13(10)16/h4-6,9,12H,2-3,7-8,17H2,1H3. The van der Waals surface area contributed by atoms with Crippen LogP contribution in [0.4, 0.5) is 0 Å². The van der Waals surface area contributed by atoms with E-state index in [-0.39, 0.29) is 18.0 Å². The maximum absolute atomic E-state index is 12.6. The molecule has 2 rings (SSSR count). The minimum absolute atomic E-state index is 0.0396. The van der Waals surface area contributed by atoms with Crippen molar-refractivity contribution < 1.29 is 4.79 Å². The molecule has 1 aliphatic heterocycles. The van der Waals surface area contributed by atoms with Crippen molar-refractivity contribution in [2.45, 2.75) is 38.3 Å². The molecule has 0 radical (unpaired) electrons. The second-order valence-electron chi connectivity index (χ2n) is 5.02. The predicted molar refractivity (Wildman–Crippen MR) is 78.8 cm³/mol. The van der Waals surface area contributed by atoms with Gasteiger partial charge in [0.05, 0.1) is 15.6 Å². The molecule has 1 aliphatic rings. The lowest BCUT2D eigenvalue weighted by atomic mass is 9.96. The van der Waals surface area contributed by atoms with Gasteiger partial charge in [-0.1, -0.05) is 29.3 Å². The second kappa shape index (κ2) is 6.12. The first-order chi connectivity index (χ1) is 9.02. The van der Waals surface area contributed by atoms with Crippen molar-refractivity contribution in [2.75, 3.05) is 6.54 Å². The van der Waals surface area contributed by atoms with Gasteiger partial charge in [0.2, 0.25) is 0 Å². The topological polar surface area (TPSA) is 46.3 Å². The van der Waals surface area contributed by atoms with Crippen LogP contribution in [0.5, 0.6) is 0 Å². The van der Waals surface area contributed by atoms with Gasteiger partial charge in [0, 0.05) is 18.6 Å². The Balaban J connectivity index is 2.29. The van der Waals surface area contributed by atoms with Crippen molar-refractivity contribution >= 4 is 29.1 Å². The Morgan fingerprint density at radius 1 is 1.42 bits per heavy atom. The number of piperidine rings is 1. The molecule has 0 spiro atoms. The number of rotatable bonds is 2. The molecule has 1 amide bonds. The SMILES string of the molecule is CC(N)C1CCCCN1C(=O)c1cccc(Cl)c1Cl. The molecule has 1 aromatic carbocycles. The van der Waals surface area contributed by atoms with Gasteiger partial charge >= 0.3 is 0 Å². The van der Waals surface area contributed by atoms with Crippen molar-refractivity contribution in [3.63, 3.8) is 0 Å². The quantitative estimate of drug-likeness (QED) is 0.910. The molecule has 1 saturated heterocycles. The summed E-state index contributed by atoms with van der Waals surface area (Å²) in [6.45, 7) is 2.67. The highest BCUT2D eigenvalue weighted by Crippen LogP contribution is 2.29. The molecular weight excluding hydrogens is 283 g/mol. The summed E-state index contributed by atoms with van der Waals surface area (Å²) in [4.78, 5) is 14.5. The van der Waals surface area contributed by atoms with E-state index in [0.29, 0.717) is 15.6 Å². The van der Waals surface area contributed by atoms with E-state index in [1.807, 2.05) is 11.8 Å².